The molecule has 0 saturated heterocycles. The molecule has 280 valence electrons. The van der Waals surface area contributed by atoms with Gasteiger partial charge in [0.25, 0.3) is 0 Å². The van der Waals surface area contributed by atoms with Crippen LogP contribution in [0, 0.1) is 22.2 Å². The molecule has 0 aliphatic carbocycles. The molecule has 1 rings (SSSR count). The highest BCUT2D eigenvalue weighted by atomic mass is 35.5. The molecule has 2 atom stereocenters. The van der Waals surface area contributed by atoms with Crippen molar-refractivity contribution in [1.29, 1.82) is 0 Å². The van der Waals surface area contributed by atoms with Crippen molar-refractivity contribution >= 4 is 62.3 Å². The largest absolute Gasteiger partial charge is 0.438 e. The van der Waals surface area contributed by atoms with Crippen molar-refractivity contribution < 1.29 is 65.4 Å². The van der Waals surface area contributed by atoms with Gasteiger partial charge in [0.15, 0.2) is 5.40 Å². The first-order chi connectivity index (χ1) is 22.2. The summed E-state index contributed by atoms with van der Waals surface area (Å²) in [6, 6.07) is 4.26. The second-order valence-electron chi connectivity index (χ2n) is 14.2. The highest BCUT2D eigenvalue weighted by Gasteiger charge is 2.53. The molecule has 0 amide bonds. The van der Waals surface area contributed by atoms with Crippen LogP contribution in [0.25, 0.3) is 0 Å². The fraction of sp³-hybridized carbons (Fsp3) is 0.677. The summed E-state index contributed by atoms with van der Waals surface area (Å²) >= 11 is 12.3. The first-order valence-corrected chi connectivity index (χ1v) is 19.1. The molecule has 0 aliphatic rings. The molecule has 0 aromatic heterocycles. The third-order valence-electron chi connectivity index (χ3n) is 6.14. The Morgan fingerprint density at radius 3 is 1.27 bits per heavy atom. The lowest BCUT2D eigenvalue weighted by Crippen LogP contribution is -2.28. The van der Waals surface area contributed by atoms with Gasteiger partial charge in [-0.05, 0) is 86.4 Å². The van der Waals surface area contributed by atoms with Gasteiger partial charge in [-0.25, -0.2) is 0 Å². The molecule has 0 spiro atoms. The first-order valence-electron chi connectivity index (χ1n) is 15.1. The van der Waals surface area contributed by atoms with Gasteiger partial charge in [0, 0.05) is 0 Å². The quantitative estimate of drug-likeness (QED) is 0.0641. The molecule has 2 unspecified atom stereocenters. The van der Waals surface area contributed by atoms with Crippen molar-refractivity contribution in [2.24, 2.45) is 22.2 Å². The fourth-order valence-electron chi connectivity index (χ4n) is 3.13. The summed E-state index contributed by atoms with van der Waals surface area (Å²) in [7, 11) is -9.92. The van der Waals surface area contributed by atoms with Gasteiger partial charge < -0.3 is 18.9 Å². The summed E-state index contributed by atoms with van der Waals surface area (Å²) in [4.78, 5) is 49.7. The normalized spacial score (nSPS) is 14.5. The number of carbonyl (C=O) groups is 4. The molecule has 0 saturated carbocycles. The van der Waals surface area contributed by atoms with Crippen LogP contribution in [0.4, 0.5) is 0 Å². The van der Waals surface area contributed by atoms with Crippen molar-refractivity contribution in [2.45, 2.75) is 88.0 Å². The van der Waals surface area contributed by atoms with Crippen LogP contribution in [0.3, 0.4) is 0 Å². The monoisotopic (exact) mass is 776 g/mol. The number of halogens is 2. The van der Waals surface area contributed by atoms with Gasteiger partial charge in [0.2, 0.25) is 27.2 Å². The van der Waals surface area contributed by atoms with Crippen molar-refractivity contribution in [1.82, 2.24) is 0 Å². The SMILES string of the molecule is CC(C)C(=O)OCOP(=O)(OCOC(=O)C(C)(C)C)C(Cc1ccc(Cl)c(Cl)c1)P(=O)(OCOC(=O)C(C)(C)C)OCOC(=O)C(C)(C)C. The minimum Gasteiger partial charge on any atom is -0.438 e. The molecule has 49 heavy (non-hydrogen) atoms. The molecule has 0 heterocycles. The predicted octanol–water partition coefficient (Wildman–Crippen LogP) is 8.11. The smallest absolute Gasteiger partial charge is 0.351 e. The summed E-state index contributed by atoms with van der Waals surface area (Å²) in [6.45, 7) is 13.3. The fourth-order valence-corrected chi connectivity index (χ4v) is 8.14. The Kier molecular flexibility index (Phi) is 17.0. The lowest BCUT2D eigenvalue weighted by atomic mass is 9.98. The highest BCUT2D eigenvalue weighted by Crippen LogP contribution is 2.71. The maximum atomic E-state index is 14.8. The predicted molar refractivity (Wildman–Crippen MR) is 181 cm³/mol. The van der Waals surface area contributed by atoms with Gasteiger partial charge in [-0.3, -0.25) is 46.4 Å². The van der Waals surface area contributed by atoms with E-state index in [4.69, 9.17) is 60.2 Å². The van der Waals surface area contributed by atoms with Crippen LogP contribution >= 0.6 is 38.4 Å². The molecular formula is C31H48Cl2O14P2. The number of hydrogen-bond acceptors (Lipinski definition) is 14. The molecule has 0 bridgehead atoms. The zero-order valence-corrected chi connectivity index (χ0v) is 33.1. The Morgan fingerprint density at radius 2 is 0.959 bits per heavy atom. The van der Waals surface area contributed by atoms with Crippen LogP contribution in [0.2, 0.25) is 10.0 Å². The lowest BCUT2D eigenvalue weighted by molar-refractivity contribution is -0.162. The summed E-state index contributed by atoms with van der Waals surface area (Å²) in [5.41, 5.74) is -2.71. The van der Waals surface area contributed by atoms with E-state index in [1.54, 1.807) is 76.2 Å². The van der Waals surface area contributed by atoms with Gasteiger partial charge >= 0.3 is 39.1 Å². The molecule has 0 fully saturated rings. The van der Waals surface area contributed by atoms with E-state index in [2.05, 4.69) is 0 Å². The average Bonchev–Trinajstić information content (AvgIpc) is 2.95. The first kappa shape index (κ1) is 45.0. The van der Waals surface area contributed by atoms with Gasteiger partial charge in [-0.15, -0.1) is 0 Å². The topological polar surface area (TPSA) is 176 Å². The molecule has 0 radical (unpaired) electrons. The van der Waals surface area contributed by atoms with Gasteiger partial charge in [-0.2, -0.15) is 0 Å². The molecule has 14 nitrogen and oxygen atoms in total. The number of rotatable bonds is 17. The van der Waals surface area contributed by atoms with Gasteiger partial charge in [0.1, 0.15) is 0 Å². The molecular weight excluding hydrogens is 729 g/mol. The Labute approximate surface area is 298 Å². The van der Waals surface area contributed by atoms with E-state index in [1.807, 2.05) is 0 Å². The standard InChI is InChI=1S/C31H48Cl2O14P2/c1-20(2)25(34)40-16-44-48(38,45-17-41-26(35)29(3,4)5)24(15-21-12-13-22(32)23(33)14-21)49(39,46-18-42-27(36)30(6,7)8)47-19-43-28(37)31(9,10)11/h12-14,20,24H,15-19H2,1-11H3. The van der Waals surface area contributed by atoms with E-state index < -0.39 is 100 Å². The molecule has 0 N–H and O–H groups in total. The highest BCUT2D eigenvalue weighted by molar-refractivity contribution is 7.72. The Hall–Kier alpha value is -2.02. The van der Waals surface area contributed by atoms with E-state index in [1.165, 1.54) is 18.2 Å². The van der Waals surface area contributed by atoms with Crippen LogP contribution in [-0.4, -0.2) is 56.4 Å². The molecule has 1 aromatic rings. The number of carbonyl (C=O) groups excluding carboxylic acids is 4. The second kappa shape index (κ2) is 18.5. The number of hydrogen-bond donors (Lipinski definition) is 0. The summed E-state index contributed by atoms with van der Waals surface area (Å²) in [5.74, 6) is -3.57. The maximum Gasteiger partial charge on any atom is 0.351 e. The minimum absolute atomic E-state index is 0.0782. The van der Waals surface area contributed by atoms with E-state index in [0.29, 0.717) is 0 Å². The van der Waals surface area contributed by atoms with E-state index in [-0.39, 0.29) is 15.6 Å². The third-order valence-corrected chi connectivity index (χ3v) is 12.3. The van der Waals surface area contributed by atoms with Crippen LogP contribution in [0.1, 0.15) is 81.7 Å². The second-order valence-corrected chi connectivity index (χ2v) is 19.8. The Balaban J connectivity index is 3.78. The van der Waals surface area contributed by atoms with Crippen LogP contribution in [-0.2, 0) is 71.8 Å². The third kappa shape index (κ3) is 15.0. The molecule has 18 heteroatoms. The summed E-state index contributed by atoms with van der Waals surface area (Å²) in [6.07, 6.45) is -0.503. The number of benzene rings is 1. The van der Waals surface area contributed by atoms with Crippen LogP contribution < -0.4 is 0 Å². The Bertz CT molecular complexity index is 1370. The van der Waals surface area contributed by atoms with Crippen LogP contribution in [0.15, 0.2) is 18.2 Å². The lowest BCUT2D eigenvalue weighted by Gasteiger charge is -2.32. The number of esters is 4. The number of ether oxygens (including phenoxy) is 4. The Morgan fingerprint density at radius 1 is 0.612 bits per heavy atom. The zero-order valence-electron chi connectivity index (χ0n) is 29.8. The van der Waals surface area contributed by atoms with Crippen molar-refractivity contribution in [3.63, 3.8) is 0 Å². The molecule has 0 aliphatic heterocycles. The van der Waals surface area contributed by atoms with E-state index in [0.717, 1.165) is 0 Å². The van der Waals surface area contributed by atoms with Crippen LogP contribution in [0.5, 0.6) is 0 Å². The van der Waals surface area contributed by atoms with Crippen molar-refractivity contribution in [3.05, 3.63) is 33.8 Å². The molecule has 1 aromatic carbocycles. The summed E-state index contributed by atoms with van der Waals surface area (Å²) in [5, 5.41) is -1.72. The van der Waals surface area contributed by atoms with Gasteiger partial charge in [0.05, 0.1) is 32.2 Å². The zero-order chi connectivity index (χ0) is 38.0. The average molecular weight is 778 g/mol. The summed E-state index contributed by atoms with van der Waals surface area (Å²) < 4.78 is 72.2. The van der Waals surface area contributed by atoms with E-state index in [9.17, 15) is 28.3 Å². The van der Waals surface area contributed by atoms with Crippen molar-refractivity contribution in [2.75, 3.05) is 27.2 Å². The maximum absolute atomic E-state index is 14.8. The van der Waals surface area contributed by atoms with E-state index >= 15 is 0 Å². The van der Waals surface area contributed by atoms with Crippen molar-refractivity contribution in [3.8, 4) is 0 Å². The minimum atomic E-state index is -4.96. The van der Waals surface area contributed by atoms with Gasteiger partial charge in [-0.1, -0.05) is 43.1 Å².